The first-order chi connectivity index (χ1) is 20.9. The van der Waals surface area contributed by atoms with Crippen molar-refractivity contribution in [3.8, 4) is 0 Å². The van der Waals surface area contributed by atoms with Crippen LogP contribution in [0.2, 0.25) is 0 Å². The number of ether oxygens (including phenoxy) is 1. The molecule has 3 N–H and O–H groups in total. The molecule has 1 aliphatic heterocycles. The van der Waals surface area contributed by atoms with Crippen molar-refractivity contribution in [2.24, 2.45) is 0 Å². The lowest BCUT2D eigenvalue weighted by Crippen LogP contribution is -2.35. The largest absolute Gasteiger partial charge is 0.393 e. The topological polar surface area (TPSA) is 112 Å². The summed E-state index contributed by atoms with van der Waals surface area (Å²) in [5.41, 5.74) is 5.22. The van der Waals surface area contributed by atoms with Gasteiger partial charge < -0.3 is 25.4 Å². The smallest absolute Gasteiger partial charge is 0.325 e. The molecule has 2 aromatic heterocycles. The Balaban J connectivity index is 1.32. The average molecular weight is 585 g/mol. The first-order valence-electron chi connectivity index (χ1n) is 14.7. The van der Waals surface area contributed by atoms with Gasteiger partial charge >= 0.3 is 6.03 Å². The summed E-state index contributed by atoms with van der Waals surface area (Å²) in [4.78, 5) is 34.5. The Labute approximate surface area is 252 Å². The van der Waals surface area contributed by atoms with E-state index in [1.807, 2.05) is 61.5 Å². The van der Waals surface area contributed by atoms with Gasteiger partial charge in [0.15, 0.2) is 0 Å². The van der Waals surface area contributed by atoms with Crippen LogP contribution in [0.1, 0.15) is 40.9 Å². The number of anilines is 3. The Bertz CT molecular complexity index is 1560. The molecule has 0 saturated carbocycles. The molecular formula is C33H40N6O4. The van der Waals surface area contributed by atoms with Crippen LogP contribution in [0.15, 0.2) is 66.9 Å². The molecule has 5 rings (SSSR count). The third kappa shape index (κ3) is 7.22. The molecule has 0 bridgehead atoms. The van der Waals surface area contributed by atoms with E-state index in [-0.39, 0.29) is 18.0 Å². The quantitative estimate of drug-likeness (QED) is 0.227. The molecule has 10 nitrogen and oxygen atoms in total. The second-order valence-corrected chi connectivity index (χ2v) is 11.0. The maximum atomic E-state index is 13.1. The summed E-state index contributed by atoms with van der Waals surface area (Å²) >= 11 is 0. The van der Waals surface area contributed by atoms with E-state index in [0.29, 0.717) is 24.5 Å². The number of hydrogen-bond donors (Lipinski definition) is 3. The Morgan fingerprint density at radius 3 is 2.51 bits per heavy atom. The number of benzene rings is 2. The van der Waals surface area contributed by atoms with Crippen molar-refractivity contribution in [2.75, 3.05) is 50.6 Å². The average Bonchev–Trinajstić information content (AvgIpc) is 3.35. The summed E-state index contributed by atoms with van der Waals surface area (Å²) < 4.78 is 6.98. The summed E-state index contributed by atoms with van der Waals surface area (Å²) in [5, 5.41) is 16.3. The zero-order chi connectivity index (χ0) is 30.3. The molecule has 1 saturated heterocycles. The fourth-order valence-corrected chi connectivity index (χ4v) is 5.61. The number of nitrogens with zero attached hydrogens (tertiary/aromatic N) is 4. The van der Waals surface area contributed by atoms with Gasteiger partial charge in [-0.25, -0.2) is 9.78 Å². The predicted molar refractivity (Wildman–Crippen MR) is 169 cm³/mol. The number of aryl methyl sites for hydroxylation is 1. The fourth-order valence-electron chi connectivity index (χ4n) is 5.61. The molecule has 43 heavy (non-hydrogen) atoms. The van der Waals surface area contributed by atoms with E-state index in [4.69, 9.17) is 4.74 Å². The van der Waals surface area contributed by atoms with Crippen molar-refractivity contribution in [3.63, 3.8) is 0 Å². The second kappa shape index (κ2) is 13.8. The van der Waals surface area contributed by atoms with E-state index >= 15 is 0 Å². The van der Waals surface area contributed by atoms with Crippen LogP contribution in [-0.2, 0) is 11.3 Å². The van der Waals surface area contributed by atoms with Crippen LogP contribution in [0, 0.1) is 6.92 Å². The Kier molecular flexibility index (Phi) is 9.71. The molecule has 2 amide bonds. The number of pyridine rings is 1. The van der Waals surface area contributed by atoms with Crippen molar-refractivity contribution in [3.05, 3.63) is 83.7 Å². The van der Waals surface area contributed by atoms with Gasteiger partial charge in [0.05, 0.1) is 11.6 Å². The highest BCUT2D eigenvalue weighted by atomic mass is 16.5. The SMILES string of the molecule is CNC(=O)n1c(C)cc2cc(N(CCCOC)c3ccnc(NC(=O)c4ccc(CN5CCC(O)CC5)cc4)c3)ccc21. The Hall–Kier alpha value is -4.25. The van der Waals surface area contributed by atoms with E-state index in [1.165, 1.54) is 0 Å². The minimum atomic E-state index is -0.226. The number of carbonyl (C=O) groups excluding carboxylic acids is 2. The highest BCUT2D eigenvalue weighted by Crippen LogP contribution is 2.31. The second-order valence-electron chi connectivity index (χ2n) is 11.0. The molecule has 0 aliphatic carbocycles. The van der Waals surface area contributed by atoms with Crippen LogP contribution in [0.25, 0.3) is 10.9 Å². The van der Waals surface area contributed by atoms with Crippen LogP contribution in [0.5, 0.6) is 0 Å². The van der Waals surface area contributed by atoms with Crippen molar-refractivity contribution < 1.29 is 19.4 Å². The van der Waals surface area contributed by atoms with Gasteiger partial charge in [0.2, 0.25) is 0 Å². The first-order valence-corrected chi connectivity index (χ1v) is 14.7. The van der Waals surface area contributed by atoms with Gasteiger partial charge in [-0.3, -0.25) is 14.3 Å². The number of likely N-dealkylation sites (tertiary alicyclic amines) is 1. The molecule has 1 aliphatic rings. The third-order valence-electron chi connectivity index (χ3n) is 7.90. The van der Waals surface area contributed by atoms with E-state index in [1.54, 1.807) is 24.9 Å². The minimum Gasteiger partial charge on any atom is -0.393 e. The first kappa shape index (κ1) is 30.2. The Morgan fingerprint density at radius 1 is 1.05 bits per heavy atom. The van der Waals surface area contributed by atoms with Crippen LogP contribution in [0.3, 0.4) is 0 Å². The van der Waals surface area contributed by atoms with E-state index in [2.05, 4.69) is 31.5 Å². The highest BCUT2D eigenvalue weighted by Gasteiger charge is 2.18. The van der Waals surface area contributed by atoms with Crippen LogP contribution in [-0.4, -0.2) is 78.0 Å². The summed E-state index contributed by atoms with van der Waals surface area (Å²) in [6.07, 6.45) is 3.90. The lowest BCUT2D eigenvalue weighted by atomic mass is 10.1. The van der Waals surface area contributed by atoms with Gasteiger partial charge in [-0.15, -0.1) is 0 Å². The van der Waals surface area contributed by atoms with Gasteiger partial charge in [-0.2, -0.15) is 0 Å². The number of rotatable bonds is 10. The number of aliphatic hydroxyl groups excluding tert-OH is 1. The normalized spacial score (nSPS) is 14.1. The number of aromatic nitrogens is 2. The van der Waals surface area contributed by atoms with Crippen LogP contribution in [0.4, 0.5) is 22.0 Å². The standard InChI is InChI=1S/C33H40N6O4/c1-23-19-26-20-27(9-10-30(26)39(23)33(42)34-2)38(15-4-18-43-3)28-11-14-35-31(21-28)36-32(41)25-7-5-24(6-8-25)22-37-16-12-29(40)13-17-37/h5-11,14,19-21,29,40H,4,12-13,15-18,22H2,1-3H3,(H,34,42)(H,35,36,41). The molecule has 1 fully saturated rings. The van der Waals surface area contributed by atoms with Crippen molar-refractivity contribution in [1.82, 2.24) is 19.8 Å². The number of aliphatic hydroxyl groups is 1. The summed E-state index contributed by atoms with van der Waals surface area (Å²) in [7, 11) is 3.31. The monoisotopic (exact) mass is 584 g/mol. The fraction of sp³-hybridized carbons (Fsp3) is 0.364. The number of hydrogen-bond acceptors (Lipinski definition) is 7. The van der Waals surface area contributed by atoms with Gasteiger partial charge in [-0.1, -0.05) is 12.1 Å². The molecule has 10 heteroatoms. The lowest BCUT2D eigenvalue weighted by Gasteiger charge is -2.29. The number of amides is 2. The van der Waals surface area contributed by atoms with Crippen LogP contribution < -0.4 is 15.5 Å². The number of piperidine rings is 1. The molecule has 0 unspecified atom stereocenters. The number of nitrogens with one attached hydrogen (secondary N) is 2. The van der Waals surface area contributed by atoms with E-state index in [0.717, 1.165) is 72.4 Å². The summed E-state index contributed by atoms with van der Waals surface area (Å²) in [6, 6.07) is 19.3. The maximum Gasteiger partial charge on any atom is 0.325 e. The lowest BCUT2D eigenvalue weighted by molar-refractivity contribution is 0.0792. The van der Waals surface area contributed by atoms with Gasteiger partial charge in [0.25, 0.3) is 5.91 Å². The molecule has 0 radical (unpaired) electrons. The summed E-state index contributed by atoms with van der Waals surface area (Å²) in [6.45, 7) is 5.77. The molecule has 0 spiro atoms. The van der Waals surface area contributed by atoms with Crippen molar-refractivity contribution in [2.45, 2.75) is 38.8 Å². The van der Waals surface area contributed by atoms with E-state index < -0.39 is 0 Å². The van der Waals surface area contributed by atoms with Gasteiger partial charge in [-0.05, 0) is 74.2 Å². The summed E-state index contributed by atoms with van der Waals surface area (Å²) in [5.74, 6) is 0.230. The molecule has 226 valence electrons. The minimum absolute atomic E-state index is 0.177. The van der Waals surface area contributed by atoms with Gasteiger partial charge in [0, 0.05) is 87.2 Å². The third-order valence-corrected chi connectivity index (χ3v) is 7.90. The van der Waals surface area contributed by atoms with Crippen LogP contribution >= 0.6 is 0 Å². The number of carbonyl (C=O) groups is 2. The zero-order valence-corrected chi connectivity index (χ0v) is 25.0. The molecular weight excluding hydrogens is 544 g/mol. The van der Waals surface area contributed by atoms with Crippen molar-refractivity contribution in [1.29, 1.82) is 0 Å². The van der Waals surface area contributed by atoms with Gasteiger partial charge in [0.1, 0.15) is 5.82 Å². The predicted octanol–water partition coefficient (Wildman–Crippen LogP) is 4.92. The van der Waals surface area contributed by atoms with E-state index in [9.17, 15) is 14.7 Å². The number of fused-ring (bicyclic) bond motifs is 1. The molecule has 4 aromatic rings. The maximum absolute atomic E-state index is 13.1. The molecule has 3 heterocycles. The Morgan fingerprint density at radius 2 is 1.79 bits per heavy atom. The highest BCUT2D eigenvalue weighted by molar-refractivity contribution is 6.04. The molecule has 0 atom stereocenters. The van der Waals surface area contributed by atoms with Crippen molar-refractivity contribution >= 4 is 40.0 Å². The molecule has 2 aromatic carbocycles. The number of methoxy groups -OCH3 is 1. The zero-order valence-electron chi connectivity index (χ0n) is 25.0.